The Labute approximate surface area is 97.2 Å². The number of hydrogen-bond donors (Lipinski definition) is 0. The molecule has 1 aliphatic heterocycles. The molecule has 80 valence electrons. The molecule has 0 atom stereocenters. The molecular formula is C11H12BrNO2. The molecule has 0 spiro atoms. The SMILES string of the molecule is CC1(C)COC(=O)N1c1ccccc1Br. The Bertz CT molecular complexity index is 403. The molecule has 1 fully saturated rings. The number of halogens is 1. The van der Waals surface area contributed by atoms with Crippen LogP contribution in [-0.2, 0) is 4.74 Å². The van der Waals surface area contributed by atoms with Crippen LogP contribution < -0.4 is 4.90 Å². The second-order valence-electron chi connectivity index (χ2n) is 4.15. The summed E-state index contributed by atoms with van der Waals surface area (Å²) in [5, 5.41) is 0. The molecule has 0 saturated carbocycles. The second kappa shape index (κ2) is 3.52. The third kappa shape index (κ3) is 1.74. The van der Waals surface area contributed by atoms with Gasteiger partial charge in [-0.3, -0.25) is 4.90 Å². The summed E-state index contributed by atoms with van der Waals surface area (Å²) in [6.07, 6.45) is -0.285. The largest absolute Gasteiger partial charge is 0.447 e. The van der Waals surface area contributed by atoms with Gasteiger partial charge in [-0.25, -0.2) is 4.79 Å². The zero-order valence-electron chi connectivity index (χ0n) is 8.66. The summed E-state index contributed by atoms with van der Waals surface area (Å²) < 4.78 is 5.96. The van der Waals surface area contributed by atoms with Gasteiger partial charge in [0.05, 0.1) is 11.2 Å². The summed E-state index contributed by atoms with van der Waals surface area (Å²) in [5.41, 5.74) is 0.561. The highest BCUT2D eigenvalue weighted by Crippen LogP contribution is 2.35. The van der Waals surface area contributed by atoms with Gasteiger partial charge >= 0.3 is 6.09 Å². The van der Waals surface area contributed by atoms with Crippen LogP contribution in [0.25, 0.3) is 0 Å². The van der Waals surface area contributed by atoms with Crippen molar-refractivity contribution < 1.29 is 9.53 Å². The highest BCUT2D eigenvalue weighted by atomic mass is 79.9. The number of nitrogens with zero attached hydrogens (tertiary/aromatic N) is 1. The van der Waals surface area contributed by atoms with E-state index in [9.17, 15) is 4.79 Å². The van der Waals surface area contributed by atoms with Gasteiger partial charge < -0.3 is 4.74 Å². The standard InChI is InChI=1S/C11H12BrNO2/c1-11(2)7-15-10(14)13(11)9-6-4-3-5-8(9)12/h3-6H,7H2,1-2H3. The fraction of sp³-hybridized carbons (Fsp3) is 0.364. The number of carbonyl (C=O) groups excluding carboxylic acids is 1. The van der Waals surface area contributed by atoms with Crippen LogP contribution in [0.1, 0.15) is 13.8 Å². The fourth-order valence-electron chi connectivity index (χ4n) is 1.67. The van der Waals surface area contributed by atoms with Crippen molar-refractivity contribution in [1.82, 2.24) is 0 Å². The Morgan fingerprint density at radius 3 is 2.60 bits per heavy atom. The van der Waals surface area contributed by atoms with Crippen molar-refractivity contribution in [2.75, 3.05) is 11.5 Å². The summed E-state index contributed by atoms with van der Waals surface area (Å²) >= 11 is 3.44. The zero-order valence-corrected chi connectivity index (χ0v) is 10.2. The van der Waals surface area contributed by atoms with E-state index in [0.29, 0.717) is 6.61 Å². The van der Waals surface area contributed by atoms with Crippen LogP contribution in [0.3, 0.4) is 0 Å². The molecule has 4 heteroatoms. The van der Waals surface area contributed by atoms with Crippen LogP contribution in [0.2, 0.25) is 0 Å². The Hall–Kier alpha value is -1.03. The molecule has 2 rings (SSSR count). The minimum absolute atomic E-state index is 0.285. The van der Waals surface area contributed by atoms with Crippen LogP contribution in [0.15, 0.2) is 28.7 Å². The Kier molecular flexibility index (Phi) is 2.46. The average molecular weight is 270 g/mol. The number of benzene rings is 1. The number of cyclic esters (lactones) is 1. The van der Waals surface area contributed by atoms with E-state index in [1.54, 1.807) is 4.90 Å². The third-order valence-electron chi connectivity index (χ3n) is 2.43. The van der Waals surface area contributed by atoms with Crippen molar-refractivity contribution in [3.63, 3.8) is 0 Å². The Morgan fingerprint density at radius 2 is 2.07 bits per heavy atom. The maximum absolute atomic E-state index is 11.6. The molecule has 1 heterocycles. The number of hydrogen-bond acceptors (Lipinski definition) is 2. The van der Waals surface area contributed by atoms with Crippen molar-refractivity contribution in [1.29, 1.82) is 0 Å². The van der Waals surface area contributed by atoms with E-state index in [1.165, 1.54) is 0 Å². The normalized spacial score (nSPS) is 19.1. The maximum atomic E-state index is 11.6. The lowest BCUT2D eigenvalue weighted by Crippen LogP contribution is -2.42. The maximum Gasteiger partial charge on any atom is 0.415 e. The van der Waals surface area contributed by atoms with Gasteiger partial charge in [0.2, 0.25) is 0 Å². The predicted molar refractivity (Wildman–Crippen MR) is 62.0 cm³/mol. The number of carbonyl (C=O) groups is 1. The molecule has 0 radical (unpaired) electrons. The number of ether oxygens (including phenoxy) is 1. The molecular weight excluding hydrogens is 258 g/mol. The van der Waals surface area contributed by atoms with Crippen molar-refractivity contribution in [3.8, 4) is 0 Å². The van der Waals surface area contributed by atoms with E-state index >= 15 is 0 Å². The second-order valence-corrected chi connectivity index (χ2v) is 5.01. The monoisotopic (exact) mass is 269 g/mol. The lowest BCUT2D eigenvalue weighted by atomic mass is 10.1. The van der Waals surface area contributed by atoms with Gasteiger partial charge in [-0.05, 0) is 41.9 Å². The summed E-state index contributed by atoms with van der Waals surface area (Å²) in [4.78, 5) is 13.3. The number of amides is 1. The fourth-order valence-corrected chi connectivity index (χ4v) is 2.13. The van der Waals surface area contributed by atoms with Gasteiger partial charge in [-0.2, -0.15) is 0 Å². The molecule has 1 aliphatic rings. The van der Waals surface area contributed by atoms with Gasteiger partial charge in [0, 0.05) is 4.47 Å². The zero-order chi connectivity index (χ0) is 11.1. The molecule has 1 aromatic rings. The summed E-state index contributed by atoms with van der Waals surface area (Å²) in [5.74, 6) is 0. The highest BCUT2D eigenvalue weighted by Gasteiger charge is 2.41. The Balaban J connectivity index is 2.46. The minimum Gasteiger partial charge on any atom is -0.447 e. The van der Waals surface area contributed by atoms with Crippen molar-refractivity contribution in [2.45, 2.75) is 19.4 Å². The lowest BCUT2D eigenvalue weighted by Gasteiger charge is -2.28. The van der Waals surface area contributed by atoms with E-state index in [-0.39, 0.29) is 11.6 Å². The van der Waals surface area contributed by atoms with Gasteiger partial charge in [-0.15, -0.1) is 0 Å². The van der Waals surface area contributed by atoms with Crippen LogP contribution in [0.4, 0.5) is 10.5 Å². The molecule has 0 unspecified atom stereocenters. The van der Waals surface area contributed by atoms with Crippen LogP contribution in [0.5, 0.6) is 0 Å². The van der Waals surface area contributed by atoms with E-state index in [2.05, 4.69) is 15.9 Å². The molecule has 0 N–H and O–H groups in total. The highest BCUT2D eigenvalue weighted by molar-refractivity contribution is 9.10. The smallest absolute Gasteiger partial charge is 0.415 e. The molecule has 0 bridgehead atoms. The van der Waals surface area contributed by atoms with Gasteiger partial charge in [0.25, 0.3) is 0 Å². The van der Waals surface area contributed by atoms with E-state index in [0.717, 1.165) is 10.2 Å². The molecule has 1 amide bonds. The minimum atomic E-state index is -0.291. The summed E-state index contributed by atoms with van der Waals surface area (Å²) in [6.45, 7) is 4.39. The first-order chi connectivity index (χ1) is 7.02. The van der Waals surface area contributed by atoms with Gasteiger partial charge in [0.15, 0.2) is 0 Å². The Morgan fingerprint density at radius 1 is 1.40 bits per heavy atom. The van der Waals surface area contributed by atoms with E-state index in [4.69, 9.17) is 4.74 Å². The van der Waals surface area contributed by atoms with Gasteiger partial charge in [-0.1, -0.05) is 12.1 Å². The topological polar surface area (TPSA) is 29.5 Å². The third-order valence-corrected chi connectivity index (χ3v) is 3.10. The predicted octanol–water partition coefficient (Wildman–Crippen LogP) is 3.18. The van der Waals surface area contributed by atoms with Crippen LogP contribution >= 0.6 is 15.9 Å². The lowest BCUT2D eigenvalue weighted by molar-refractivity contribution is 0.175. The number of rotatable bonds is 1. The average Bonchev–Trinajstić information content (AvgIpc) is 2.43. The molecule has 0 aliphatic carbocycles. The van der Waals surface area contributed by atoms with E-state index in [1.807, 2.05) is 38.1 Å². The molecule has 15 heavy (non-hydrogen) atoms. The van der Waals surface area contributed by atoms with Crippen molar-refractivity contribution >= 4 is 27.7 Å². The van der Waals surface area contributed by atoms with Crippen LogP contribution in [0, 0.1) is 0 Å². The molecule has 1 aromatic carbocycles. The first kappa shape index (κ1) is 10.5. The summed E-state index contributed by atoms with van der Waals surface area (Å²) in [7, 11) is 0. The number of anilines is 1. The quantitative estimate of drug-likeness (QED) is 0.784. The first-order valence-electron chi connectivity index (χ1n) is 4.74. The van der Waals surface area contributed by atoms with Crippen molar-refractivity contribution in [3.05, 3.63) is 28.7 Å². The van der Waals surface area contributed by atoms with Crippen LogP contribution in [-0.4, -0.2) is 18.2 Å². The summed E-state index contributed by atoms with van der Waals surface area (Å²) in [6, 6.07) is 7.64. The first-order valence-corrected chi connectivity index (χ1v) is 5.53. The number of para-hydroxylation sites is 1. The molecule has 3 nitrogen and oxygen atoms in total. The molecule has 0 aromatic heterocycles. The van der Waals surface area contributed by atoms with Crippen molar-refractivity contribution in [2.24, 2.45) is 0 Å². The molecule has 1 saturated heterocycles. The van der Waals surface area contributed by atoms with Gasteiger partial charge in [0.1, 0.15) is 6.61 Å². The van der Waals surface area contributed by atoms with E-state index < -0.39 is 0 Å².